The average Bonchev–Trinajstić information content (AvgIpc) is 2.94. The predicted octanol–water partition coefficient (Wildman–Crippen LogP) is 2.84. The maximum Gasteiger partial charge on any atom is 0.118 e. The van der Waals surface area contributed by atoms with Gasteiger partial charge in [0.05, 0.1) is 13.2 Å². The van der Waals surface area contributed by atoms with Gasteiger partial charge in [0.25, 0.3) is 0 Å². The van der Waals surface area contributed by atoms with Crippen molar-refractivity contribution in [2.24, 2.45) is 11.3 Å². The first-order chi connectivity index (χ1) is 8.72. The van der Waals surface area contributed by atoms with Crippen LogP contribution in [0.15, 0.2) is 16.5 Å². The molecule has 0 aromatic carbocycles. The third kappa shape index (κ3) is 2.10. The van der Waals surface area contributed by atoms with Crippen molar-refractivity contribution in [2.75, 3.05) is 26.8 Å². The highest BCUT2D eigenvalue weighted by Crippen LogP contribution is 2.49. The predicted molar refractivity (Wildman–Crippen MR) is 70.4 cm³/mol. The summed E-state index contributed by atoms with van der Waals surface area (Å²) in [4.78, 5) is 2.54. The minimum atomic E-state index is 0.427. The van der Waals surface area contributed by atoms with Crippen molar-refractivity contribution < 1.29 is 9.15 Å². The number of furan rings is 1. The van der Waals surface area contributed by atoms with Crippen LogP contribution in [0.4, 0.5) is 0 Å². The normalized spacial score (nSPS) is 32.0. The third-order valence-corrected chi connectivity index (χ3v) is 4.72. The molecule has 0 spiro atoms. The quantitative estimate of drug-likeness (QED) is 0.820. The van der Waals surface area contributed by atoms with Crippen LogP contribution in [0.2, 0.25) is 0 Å². The molecule has 1 aliphatic heterocycles. The van der Waals surface area contributed by atoms with E-state index in [1.54, 1.807) is 0 Å². The topological polar surface area (TPSA) is 25.6 Å². The van der Waals surface area contributed by atoms with Gasteiger partial charge in [-0.25, -0.2) is 0 Å². The summed E-state index contributed by atoms with van der Waals surface area (Å²) < 4.78 is 11.2. The second-order valence-electron chi connectivity index (χ2n) is 6.07. The number of ether oxygens (including phenoxy) is 1. The van der Waals surface area contributed by atoms with Crippen molar-refractivity contribution >= 4 is 0 Å². The van der Waals surface area contributed by atoms with Crippen molar-refractivity contribution in [1.29, 1.82) is 0 Å². The summed E-state index contributed by atoms with van der Waals surface area (Å²) in [6, 6.07) is 4.16. The first kappa shape index (κ1) is 12.2. The van der Waals surface area contributed by atoms with Gasteiger partial charge in [0.15, 0.2) is 0 Å². The summed E-state index contributed by atoms with van der Waals surface area (Å²) in [5.41, 5.74) is 0.427. The third-order valence-electron chi connectivity index (χ3n) is 4.72. The summed E-state index contributed by atoms with van der Waals surface area (Å²) >= 11 is 0. The lowest BCUT2D eigenvalue weighted by Crippen LogP contribution is -2.31. The lowest BCUT2D eigenvalue weighted by Gasteiger charge is -2.27. The maximum atomic E-state index is 5.69. The molecular weight excluding hydrogens is 226 g/mol. The Morgan fingerprint density at radius 2 is 2.39 bits per heavy atom. The number of methoxy groups -OCH3 is 1. The van der Waals surface area contributed by atoms with Gasteiger partial charge in [0.2, 0.25) is 0 Å². The molecule has 2 aliphatic rings. The number of rotatable bonds is 4. The molecule has 2 atom stereocenters. The maximum absolute atomic E-state index is 5.69. The molecule has 1 saturated carbocycles. The molecule has 3 nitrogen and oxygen atoms in total. The van der Waals surface area contributed by atoms with E-state index in [-0.39, 0.29) is 0 Å². The van der Waals surface area contributed by atoms with Crippen molar-refractivity contribution in [3.8, 4) is 0 Å². The van der Waals surface area contributed by atoms with Crippen LogP contribution in [0.3, 0.4) is 0 Å². The largest absolute Gasteiger partial charge is 0.465 e. The van der Waals surface area contributed by atoms with Gasteiger partial charge >= 0.3 is 0 Å². The van der Waals surface area contributed by atoms with Gasteiger partial charge in [-0.2, -0.15) is 0 Å². The van der Waals surface area contributed by atoms with Gasteiger partial charge in [-0.1, -0.05) is 6.42 Å². The van der Waals surface area contributed by atoms with E-state index in [1.807, 2.05) is 14.0 Å². The molecule has 2 heterocycles. The number of nitrogens with zero attached hydrogens (tertiary/aromatic N) is 1. The Morgan fingerprint density at radius 1 is 1.50 bits per heavy atom. The van der Waals surface area contributed by atoms with Crippen LogP contribution in [0, 0.1) is 18.3 Å². The van der Waals surface area contributed by atoms with E-state index in [2.05, 4.69) is 17.0 Å². The fourth-order valence-corrected chi connectivity index (χ4v) is 3.96. The van der Waals surface area contributed by atoms with Crippen LogP contribution in [-0.2, 0) is 11.3 Å². The Balaban J connectivity index is 1.67. The molecule has 0 bridgehead atoms. The minimum absolute atomic E-state index is 0.427. The summed E-state index contributed by atoms with van der Waals surface area (Å²) in [6.45, 7) is 6.27. The molecular formula is C15H23NO2. The molecule has 1 aromatic heterocycles. The van der Waals surface area contributed by atoms with Gasteiger partial charge in [-0.05, 0) is 37.8 Å². The zero-order valence-electron chi connectivity index (χ0n) is 11.4. The number of aryl methyl sites for hydroxylation is 1. The van der Waals surface area contributed by atoms with Crippen LogP contribution in [0.1, 0.15) is 30.8 Å². The van der Waals surface area contributed by atoms with Crippen LogP contribution >= 0.6 is 0 Å². The number of fused-ring (bicyclic) bond motifs is 1. The Bertz CT molecular complexity index is 414. The molecule has 18 heavy (non-hydrogen) atoms. The lowest BCUT2D eigenvalue weighted by atomic mass is 9.82. The average molecular weight is 249 g/mol. The number of hydrogen-bond donors (Lipinski definition) is 0. The van der Waals surface area contributed by atoms with E-state index < -0.39 is 0 Å². The highest BCUT2D eigenvalue weighted by Gasteiger charge is 2.49. The summed E-state index contributed by atoms with van der Waals surface area (Å²) in [5, 5.41) is 0. The van der Waals surface area contributed by atoms with Gasteiger partial charge in [0.1, 0.15) is 11.5 Å². The highest BCUT2D eigenvalue weighted by atomic mass is 16.5. The Hall–Kier alpha value is -0.800. The molecule has 0 amide bonds. The van der Waals surface area contributed by atoms with Crippen molar-refractivity contribution in [3.63, 3.8) is 0 Å². The highest BCUT2D eigenvalue weighted by molar-refractivity contribution is 5.07. The van der Waals surface area contributed by atoms with Gasteiger partial charge < -0.3 is 9.15 Å². The standard InChI is InChI=1S/C15H23NO2/c1-12-5-6-14(18-12)9-16-8-13-4-3-7-15(13,10-16)11-17-2/h5-6,13H,3-4,7-11H2,1-2H3/t13-,15+/m1/s1. The lowest BCUT2D eigenvalue weighted by molar-refractivity contribution is 0.0695. The summed E-state index contributed by atoms with van der Waals surface area (Å²) in [7, 11) is 1.84. The van der Waals surface area contributed by atoms with E-state index in [4.69, 9.17) is 9.15 Å². The summed E-state index contributed by atoms with van der Waals surface area (Å²) in [6.07, 6.45) is 4.08. The monoisotopic (exact) mass is 249 g/mol. The molecule has 1 saturated heterocycles. The molecule has 2 fully saturated rings. The number of hydrogen-bond acceptors (Lipinski definition) is 3. The minimum Gasteiger partial charge on any atom is -0.465 e. The molecule has 0 radical (unpaired) electrons. The van der Waals surface area contributed by atoms with E-state index in [0.717, 1.165) is 30.6 Å². The number of likely N-dealkylation sites (tertiary alicyclic amines) is 1. The van der Waals surface area contributed by atoms with Crippen molar-refractivity contribution in [3.05, 3.63) is 23.7 Å². The zero-order chi connectivity index (χ0) is 12.6. The summed E-state index contributed by atoms with van der Waals surface area (Å²) in [5.74, 6) is 2.93. The van der Waals surface area contributed by atoms with E-state index in [1.165, 1.54) is 32.4 Å². The van der Waals surface area contributed by atoms with Crippen molar-refractivity contribution in [1.82, 2.24) is 4.90 Å². The van der Waals surface area contributed by atoms with E-state index in [0.29, 0.717) is 5.41 Å². The molecule has 3 heteroatoms. The fourth-order valence-electron chi connectivity index (χ4n) is 3.96. The fraction of sp³-hybridized carbons (Fsp3) is 0.733. The first-order valence-corrected chi connectivity index (χ1v) is 6.98. The molecule has 1 aromatic rings. The van der Waals surface area contributed by atoms with Crippen LogP contribution in [-0.4, -0.2) is 31.7 Å². The molecule has 3 rings (SSSR count). The van der Waals surface area contributed by atoms with E-state index in [9.17, 15) is 0 Å². The second kappa shape index (κ2) is 4.71. The van der Waals surface area contributed by atoms with Gasteiger partial charge in [0, 0.05) is 25.6 Å². The van der Waals surface area contributed by atoms with Crippen LogP contribution in [0.25, 0.3) is 0 Å². The van der Waals surface area contributed by atoms with Crippen LogP contribution in [0.5, 0.6) is 0 Å². The Labute approximate surface area is 109 Å². The Kier molecular flexibility index (Phi) is 3.20. The molecule has 100 valence electrons. The Morgan fingerprint density at radius 3 is 3.11 bits per heavy atom. The van der Waals surface area contributed by atoms with E-state index >= 15 is 0 Å². The van der Waals surface area contributed by atoms with Gasteiger partial charge in [-0.3, -0.25) is 4.90 Å². The second-order valence-corrected chi connectivity index (χ2v) is 6.07. The smallest absolute Gasteiger partial charge is 0.118 e. The molecule has 1 aliphatic carbocycles. The molecule has 0 unspecified atom stereocenters. The SMILES string of the molecule is COC[C@@]12CCC[C@@H]1CN(Cc1ccc(C)o1)C2. The molecule has 0 N–H and O–H groups in total. The van der Waals surface area contributed by atoms with Gasteiger partial charge in [-0.15, -0.1) is 0 Å². The zero-order valence-corrected chi connectivity index (χ0v) is 11.4. The first-order valence-electron chi connectivity index (χ1n) is 6.98. The van der Waals surface area contributed by atoms with Crippen molar-refractivity contribution in [2.45, 2.75) is 32.7 Å². The van der Waals surface area contributed by atoms with Crippen LogP contribution < -0.4 is 0 Å².